The molecule has 0 saturated heterocycles. The number of carbonyl (C=O) groups is 1. The summed E-state index contributed by atoms with van der Waals surface area (Å²) in [5, 5.41) is 5.63. The third kappa shape index (κ3) is 5.12. The van der Waals surface area contributed by atoms with Crippen molar-refractivity contribution in [3.05, 3.63) is 31.0 Å². The van der Waals surface area contributed by atoms with Gasteiger partial charge in [-0.15, -0.1) is 6.58 Å². The highest BCUT2D eigenvalue weighted by atomic mass is 16.5. The van der Waals surface area contributed by atoms with Crippen molar-refractivity contribution in [2.75, 3.05) is 25.0 Å². The van der Waals surface area contributed by atoms with Crippen LogP contribution in [0, 0.1) is 0 Å². The topological polar surface area (TPSA) is 63.2 Å². The average molecular weight is 235 g/mol. The first kappa shape index (κ1) is 13.2. The van der Waals surface area contributed by atoms with Gasteiger partial charge in [0.15, 0.2) is 0 Å². The number of pyridine rings is 1. The van der Waals surface area contributed by atoms with Crippen LogP contribution in [-0.4, -0.2) is 30.6 Å². The van der Waals surface area contributed by atoms with Crippen molar-refractivity contribution in [1.29, 1.82) is 0 Å². The van der Waals surface area contributed by atoms with Crippen molar-refractivity contribution >= 4 is 11.6 Å². The van der Waals surface area contributed by atoms with E-state index in [0.717, 1.165) is 0 Å². The van der Waals surface area contributed by atoms with Crippen LogP contribution in [0.3, 0.4) is 0 Å². The van der Waals surface area contributed by atoms with Gasteiger partial charge in [-0.25, -0.2) is 4.98 Å². The van der Waals surface area contributed by atoms with Crippen molar-refractivity contribution in [2.24, 2.45) is 0 Å². The van der Waals surface area contributed by atoms with Gasteiger partial charge in [0.25, 0.3) is 0 Å². The summed E-state index contributed by atoms with van der Waals surface area (Å²) in [6.07, 6.45) is 3.27. The van der Waals surface area contributed by atoms with Crippen LogP contribution in [0.5, 0.6) is 5.88 Å². The molecule has 0 aliphatic rings. The standard InChI is InChI=1S/C12H17N3O2/c1-3-7-13-9-11(16)15-10-5-6-12(14-8-10)17-4-2/h3,5-6,8,13H,1,4,7,9H2,2H3,(H,15,16). The predicted molar refractivity (Wildman–Crippen MR) is 67.1 cm³/mol. The Bertz CT molecular complexity index is 363. The van der Waals surface area contributed by atoms with Crippen LogP contribution < -0.4 is 15.4 Å². The molecule has 2 N–H and O–H groups in total. The minimum atomic E-state index is -0.113. The Morgan fingerprint density at radius 3 is 3.00 bits per heavy atom. The summed E-state index contributed by atoms with van der Waals surface area (Å²) in [6.45, 7) is 6.87. The van der Waals surface area contributed by atoms with Crippen LogP contribution in [0.4, 0.5) is 5.69 Å². The van der Waals surface area contributed by atoms with Gasteiger partial charge in [0.1, 0.15) is 0 Å². The first-order chi connectivity index (χ1) is 8.26. The molecule has 0 aliphatic heterocycles. The average Bonchev–Trinajstić information content (AvgIpc) is 2.32. The molecule has 1 aromatic heterocycles. The van der Waals surface area contributed by atoms with Crippen LogP contribution in [0.1, 0.15) is 6.92 Å². The highest BCUT2D eigenvalue weighted by molar-refractivity contribution is 5.92. The van der Waals surface area contributed by atoms with Crippen molar-refractivity contribution in [1.82, 2.24) is 10.3 Å². The van der Waals surface area contributed by atoms with Crippen molar-refractivity contribution in [3.8, 4) is 5.88 Å². The molecule has 0 aliphatic carbocycles. The molecule has 0 unspecified atom stereocenters. The zero-order chi connectivity index (χ0) is 12.5. The van der Waals surface area contributed by atoms with Gasteiger partial charge in [0, 0.05) is 12.6 Å². The molecule has 0 aromatic carbocycles. The molecule has 1 aromatic rings. The van der Waals surface area contributed by atoms with E-state index in [1.54, 1.807) is 24.4 Å². The van der Waals surface area contributed by atoms with Crippen LogP contribution in [0.15, 0.2) is 31.0 Å². The number of nitrogens with zero attached hydrogens (tertiary/aromatic N) is 1. The van der Waals surface area contributed by atoms with E-state index in [9.17, 15) is 4.79 Å². The molecule has 1 heterocycles. The molecule has 1 rings (SSSR count). The summed E-state index contributed by atoms with van der Waals surface area (Å²) < 4.78 is 5.20. The Balaban J connectivity index is 2.40. The van der Waals surface area contributed by atoms with E-state index in [2.05, 4.69) is 22.2 Å². The second-order valence-corrected chi connectivity index (χ2v) is 3.29. The molecule has 5 nitrogen and oxygen atoms in total. The summed E-state index contributed by atoms with van der Waals surface area (Å²) >= 11 is 0. The highest BCUT2D eigenvalue weighted by Gasteiger charge is 2.01. The molecule has 0 atom stereocenters. The number of hydrogen-bond acceptors (Lipinski definition) is 4. The van der Waals surface area contributed by atoms with E-state index >= 15 is 0 Å². The van der Waals surface area contributed by atoms with Gasteiger partial charge in [0.05, 0.1) is 25.0 Å². The first-order valence-electron chi connectivity index (χ1n) is 5.46. The van der Waals surface area contributed by atoms with Gasteiger partial charge in [-0.3, -0.25) is 4.79 Å². The minimum Gasteiger partial charge on any atom is -0.478 e. The summed E-state index contributed by atoms with van der Waals surface area (Å²) in [4.78, 5) is 15.5. The maximum absolute atomic E-state index is 11.4. The van der Waals surface area contributed by atoms with Gasteiger partial charge >= 0.3 is 0 Å². The van der Waals surface area contributed by atoms with Crippen molar-refractivity contribution < 1.29 is 9.53 Å². The normalized spacial score (nSPS) is 9.71. The van der Waals surface area contributed by atoms with Crippen LogP contribution in [0.2, 0.25) is 0 Å². The number of amides is 1. The predicted octanol–water partition coefficient (Wildman–Crippen LogP) is 1.19. The van der Waals surface area contributed by atoms with Crippen molar-refractivity contribution in [2.45, 2.75) is 6.92 Å². The van der Waals surface area contributed by atoms with E-state index in [-0.39, 0.29) is 12.5 Å². The van der Waals surface area contributed by atoms with Gasteiger partial charge in [-0.05, 0) is 13.0 Å². The zero-order valence-corrected chi connectivity index (χ0v) is 9.90. The lowest BCUT2D eigenvalue weighted by Gasteiger charge is -2.06. The zero-order valence-electron chi connectivity index (χ0n) is 9.90. The highest BCUT2D eigenvalue weighted by Crippen LogP contribution is 2.10. The summed E-state index contributed by atoms with van der Waals surface area (Å²) in [5.41, 5.74) is 0.652. The van der Waals surface area contributed by atoms with Gasteiger partial charge in [0.2, 0.25) is 11.8 Å². The Morgan fingerprint density at radius 1 is 1.59 bits per heavy atom. The lowest BCUT2D eigenvalue weighted by Crippen LogP contribution is -2.28. The van der Waals surface area contributed by atoms with E-state index in [1.165, 1.54) is 0 Å². The fourth-order valence-electron chi connectivity index (χ4n) is 1.18. The maximum Gasteiger partial charge on any atom is 0.238 e. The molecule has 0 saturated carbocycles. The van der Waals surface area contributed by atoms with Gasteiger partial charge < -0.3 is 15.4 Å². The third-order valence-electron chi connectivity index (χ3n) is 1.89. The number of nitrogens with one attached hydrogen (secondary N) is 2. The number of carbonyl (C=O) groups excluding carboxylic acids is 1. The Hall–Kier alpha value is -1.88. The number of ether oxygens (including phenoxy) is 1. The van der Waals surface area contributed by atoms with Crippen LogP contribution >= 0.6 is 0 Å². The van der Waals surface area contributed by atoms with Crippen molar-refractivity contribution in [3.63, 3.8) is 0 Å². The lowest BCUT2D eigenvalue weighted by atomic mass is 10.4. The largest absolute Gasteiger partial charge is 0.478 e. The fraction of sp³-hybridized carbons (Fsp3) is 0.333. The molecule has 0 spiro atoms. The van der Waals surface area contributed by atoms with Crippen LogP contribution in [-0.2, 0) is 4.79 Å². The van der Waals surface area contributed by atoms with Gasteiger partial charge in [-0.1, -0.05) is 6.08 Å². The smallest absolute Gasteiger partial charge is 0.238 e. The molecule has 0 bridgehead atoms. The van der Waals surface area contributed by atoms with Crippen LogP contribution in [0.25, 0.3) is 0 Å². The fourth-order valence-corrected chi connectivity index (χ4v) is 1.18. The third-order valence-corrected chi connectivity index (χ3v) is 1.89. The molecular formula is C12H17N3O2. The van der Waals surface area contributed by atoms with E-state index in [0.29, 0.717) is 24.7 Å². The molecule has 17 heavy (non-hydrogen) atoms. The van der Waals surface area contributed by atoms with E-state index in [1.807, 2.05) is 6.92 Å². The number of rotatable bonds is 7. The summed E-state index contributed by atoms with van der Waals surface area (Å²) in [5.74, 6) is 0.438. The Morgan fingerprint density at radius 2 is 2.41 bits per heavy atom. The first-order valence-corrected chi connectivity index (χ1v) is 5.46. The van der Waals surface area contributed by atoms with E-state index in [4.69, 9.17) is 4.74 Å². The molecule has 0 radical (unpaired) electrons. The molecule has 1 amide bonds. The Kier molecular flexibility index (Phi) is 5.74. The number of hydrogen-bond donors (Lipinski definition) is 2. The van der Waals surface area contributed by atoms with Gasteiger partial charge in [-0.2, -0.15) is 0 Å². The second kappa shape index (κ2) is 7.40. The SMILES string of the molecule is C=CCNCC(=O)Nc1ccc(OCC)nc1. The number of anilines is 1. The molecule has 92 valence electrons. The second-order valence-electron chi connectivity index (χ2n) is 3.29. The Labute approximate surface area is 101 Å². The minimum absolute atomic E-state index is 0.113. The summed E-state index contributed by atoms with van der Waals surface area (Å²) in [7, 11) is 0. The monoisotopic (exact) mass is 235 g/mol. The maximum atomic E-state index is 11.4. The molecule has 5 heteroatoms. The lowest BCUT2D eigenvalue weighted by molar-refractivity contribution is -0.115. The number of aromatic nitrogens is 1. The molecular weight excluding hydrogens is 218 g/mol. The quantitative estimate of drug-likeness (QED) is 0.550. The molecule has 0 fully saturated rings. The van der Waals surface area contributed by atoms with E-state index < -0.39 is 0 Å². The summed E-state index contributed by atoms with van der Waals surface area (Å²) in [6, 6.07) is 3.47.